The molecule has 2 amide bonds. The highest BCUT2D eigenvalue weighted by atomic mass is 16.5. The first-order valence-corrected chi connectivity index (χ1v) is 9.40. The van der Waals surface area contributed by atoms with Crippen LogP contribution in [0.3, 0.4) is 0 Å². The Kier molecular flexibility index (Phi) is 5.82. The first kappa shape index (κ1) is 19.7. The molecule has 1 aliphatic heterocycles. The molecule has 0 saturated carbocycles. The van der Waals surface area contributed by atoms with Crippen molar-refractivity contribution in [2.24, 2.45) is 5.92 Å². The maximum absolute atomic E-state index is 12.6. The summed E-state index contributed by atoms with van der Waals surface area (Å²) in [5.74, 6) is -0.186. The number of anilines is 1. The second-order valence-electron chi connectivity index (χ2n) is 6.97. The number of carbonyl (C=O) groups is 2. The van der Waals surface area contributed by atoms with E-state index in [1.165, 1.54) is 0 Å². The first-order chi connectivity index (χ1) is 13.4. The molecule has 1 atom stereocenters. The molecule has 7 nitrogen and oxygen atoms in total. The van der Waals surface area contributed by atoms with Crippen molar-refractivity contribution in [3.63, 3.8) is 0 Å². The molecule has 1 fully saturated rings. The van der Waals surface area contributed by atoms with Gasteiger partial charge in [0.2, 0.25) is 11.8 Å². The molecule has 1 aromatic heterocycles. The Labute approximate surface area is 163 Å². The molecule has 0 unspecified atom stereocenters. The van der Waals surface area contributed by atoms with Crippen molar-refractivity contribution in [2.75, 3.05) is 18.1 Å². The van der Waals surface area contributed by atoms with Crippen LogP contribution >= 0.6 is 0 Å². The summed E-state index contributed by atoms with van der Waals surface area (Å²) in [5, 5.41) is 2.81. The van der Waals surface area contributed by atoms with E-state index in [1.54, 1.807) is 4.90 Å². The molecule has 0 bridgehead atoms. The largest absolute Gasteiger partial charge is 0.492 e. The van der Waals surface area contributed by atoms with E-state index >= 15 is 0 Å². The van der Waals surface area contributed by atoms with Gasteiger partial charge in [-0.25, -0.2) is 0 Å². The summed E-state index contributed by atoms with van der Waals surface area (Å²) >= 11 is 0. The zero-order chi connectivity index (χ0) is 20.3. The van der Waals surface area contributed by atoms with Crippen LogP contribution in [0.1, 0.15) is 30.2 Å². The Morgan fingerprint density at radius 2 is 2.04 bits per heavy atom. The number of benzene rings is 1. The number of aromatic nitrogens is 1. The van der Waals surface area contributed by atoms with Crippen LogP contribution in [0.5, 0.6) is 5.75 Å². The van der Waals surface area contributed by atoms with Crippen molar-refractivity contribution in [1.29, 1.82) is 0 Å². The van der Waals surface area contributed by atoms with Crippen LogP contribution in [-0.2, 0) is 16.1 Å². The Hall–Kier alpha value is -3.09. The molecular weight excluding hydrogens is 358 g/mol. The van der Waals surface area contributed by atoms with Crippen LogP contribution in [0.15, 0.2) is 35.1 Å². The number of H-pyrrole nitrogens is 1. The van der Waals surface area contributed by atoms with Gasteiger partial charge in [0, 0.05) is 30.8 Å². The third kappa shape index (κ3) is 4.08. The lowest BCUT2D eigenvalue weighted by Crippen LogP contribution is -2.34. The van der Waals surface area contributed by atoms with Gasteiger partial charge in [-0.2, -0.15) is 0 Å². The SMILES string of the molecule is CCOc1ccccc1N1C[C@H](C(=O)NCc2c(C)cc(C)[nH]c2=O)CC1=O. The van der Waals surface area contributed by atoms with E-state index in [1.807, 2.05) is 51.1 Å². The molecule has 7 heteroatoms. The average Bonchev–Trinajstić information content (AvgIpc) is 3.03. The average molecular weight is 383 g/mol. The highest BCUT2D eigenvalue weighted by molar-refractivity contribution is 6.01. The highest BCUT2D eigenvalue weighted by Crippen LogP contribution is 2.33. The molecular formula is C21H25N3O4. The standard InChI is InChI=1S/C21H25N3O4/c1-4-28-18-8-6-5-7-17(18)24-12-15(10-19(24)25)20(26)22-11-16-13(2)9-14(3)23-21(16)27/h5-9,15H,4,10-12H2,1-3H3,(H,22,26)(H,23,27)/t15-/m1/s1. The number of pyridine rings is 1. The minimum absolute atomic E-state index is 0.114. The molecule has 2 N–H and O–H groups in total. The van der Waals surface area contributed by atoms with Gasteiger partial charge in [-0.3, -0.25) is 14.4 Å². The van der Waals surface area contributed by atoms with Crippen molar-refractivity contribution >= 4 is 17.5 Å². The maximum atomic E-state index is 12.6. The van der Waals surface area contributed by atoms with Gasteiger partial charge in [0.25, 0.3) is 5.56 Å². The minimum Gasteiger partial charge on any atom is -0.492 e. The Morgan fingerprint density at radius 3 is 2.75 bits per heavy atom. The molecule has 148 valence electrons. The number of hydrogen-bond donors (Lipinski definition) is 2. The van der Waals surface area contributed by atoms with Gasteiger partial charge >= 0.3 is 0 Å². The molecule has 0 spiro atoms. The second-order valence-corrected chi connectivity index (χ2v) is 6.97. The summed E-state index contributed by atoms with van der Waals surface area (Å²) in [6.07, 6.45) is 0.134. The Balaban J connectivity index is 1.69. The predicted molar refractivity (Wildman–Crippen MR) is 106 cm³/mol. The van der Waals surface area contributed by atoms with Gasteiger partial charge in [0.15, 0.2) is 0 Å². The zero-order valence-corrected chi connectivity index (χ0v) is 16.4. The van der Waals surface area contributed by atoms with Gasteiger partial charge in [-0.05, 0) is 44.5 Å². The third-order valence-electron chi connectivity index (χ3n) is 4.88. The highest BCUT2D eigenvalue weighted by Gasteiger charge is 2.36. The van der Waals surface area contributed by atoms with Crippen LogP contribution in [0, 0.1) is 19.8 Å². The zero-order valence-electron chi connectivity index (χ0n) is 16.4. The lowest BCUT2D eigenvalue weighted by Gasteiger charge is -2.20. The van der Waals surface area contributed by atoms with Crippen molar-refractivity contribution < 1.29 is 14.3 Å². The number of amides is 2. The van der Waals surface area contributed by atoms with Gasteiger partial charge in [-0.1, -0.05) is 12.1 Å². The van der Waals surface area contributed by atoms with Crippen molar-refractivity contribution in [3.8, 4) is 5.75 Å². The van der Waals surface area contributed by atoms with Gasteiger partial charge in [0.1, 0.15) is 5.75 Å². The molecule has 3 rings (SSSR count). The minimum atomic E-state index is -0.466. The number of ether oxygens (including phenoxy) is 1. The summed E-state index contributed by atoms with van der Waals surface area (Å²) in [7, 11) is 0. The third-order valence-corrected chi connectivity index (χ3v) is 4.88. The summed E-state index contributed by atoms with van der Waals surface area (Å²) < 4.78 is 5.60. The smallest absolute Gasteiger partial charge is 0.253 e. The fraction of sp³-hybridized carbons (Fsp3) is 0.381. The number of nitrogens with zero attached hydrogens (tertiary/aromatic N) is 1. The van der Waals surface area contributed by atoms with Crippen LogP contribution < -0.4 is 20.5 Å². The lowest BCUT2D eigenvalue weighted by atomic mass is 10.1. The normalized spacial score (nSPS) is 16.3. The number of aromatic amines is 1. The summed E-state index contributed by atoms with van der Waals surface area (Å²) in [6, 6.07) is 9.18. The van der Waals surface area contributed by atoms with Crippen molar-refractivity contribution in [3.05, 3.63) is 57.5 Å². The topological polar surface area (TPSA) is 91.5 Å². The molecule has 0 radical (unpaired) electrons. The van der Waals surface area contributed by atoms with Crippen LogP contribution in [0.4, 0.5) is 5.69 Å². The molecule has 28 heavy (non-hydrogen) atoms. The van der Waals surface area contributed by atoms with E-state index in [2.05, 4.69) is 10.3 Å². The van der Waals surface area contributed by atoms with E-state index in [4.69, 9.17) is 4.74 Å². The fourth-order valence-corrected chi connectivity index (χ4v) is 3.49. The van der Waals surface area contributed by atoms with Gasteiger partial charge in [-0.15, -0.1) is 0 Å². The molecule has 1 aromatic carbocycles. The summed E-state index contributed by atoms with van der Waals surface area (Å²) in [6.45, 7) is 6.46. The lowest BCUT2D eigenvalue weighted by molar-refractivity contribution is -0.126. The van der Waals surface area contributed by atoms with Gasteiger partial charge in [0.05, 0.1) is 18.2 Å². The predicted octanol–water partition coefficient (Wildman–Crippen LogP) is 2.06. The molecule has 0 aliphatic carbocycles. The van der Waals surface area contributed by atoms with E-state index in [9.17, 15) is 14.4 Å². The number of rotatable bonds is 6. The summed E-state index contributed by atoms with van der Waals surface area (Å²) in [5.41, 5.74) is 2.61. The van der Waals surface area contributed by atoms with Crippen molar-refractivity contribution in [1.82, 2.24) is 10.3 Å². The van der Waals surface area contributed by atoms with Gasteiger partial charge < -0.3 is 19.9 Å². The monoisotopic (exact) mass is 383 g/mol. The number of para-hydroxylation sites is 2. The Morgan fingerprint density at radius 1 is 1.29 bits per heavy atom. The number of carbonyl (C=O) groups excluding carboxylic acids is 2. The second kappa shape index (κ2) is 8.29. The van der Waals surface area contributed by atoms with E-state index < -0.39 is 5.92 Å². The number of aryl methyl sites for hydroxylation is 2. The van der Waals surface area contributed by atoms with Crippen molar-refractivity contribution in [2.45, 2.75) is 33.7 Å². The van der Waals surface area contributed by atoms with Crippen LogP contribution in [-0.4, -0.2) is 29.9 Å². The Bertz CT molecular complexity index is 951. The molecule has 1 aliphatic rings. The fourth-order valence-electron chi connectivity index (χ4n) is 3.49. The van der Waals surface area contributed by atoms with Crippen LogP contribution in [0.25, 0.3) is 0 Å². The number of hydrogen-bond acceptors (Lipinski definition) is 4. The van der Waals surface area contributed by atoms with E-state index in [0.717, 1.165) is 11.3 Å². The van der Waals surface area contributed by atoms with E-state index in [-0.39, 0.29) is 36.9 Å². The number of nitrogens with one attached hydrogen (secondary N) is 2. The molecule has 2 aromatic rings. The van der Waals surface area contributed by atoms with E-state index in [0.29, 0.717) is 23.6 Å². The first-order valence-electron chi connectivity index (χ1n) is 9.40. The molecule has 2 heterocycles. The molecule has 1 saturated heterocycles. The maximum Gasteiger partial charge on any atom is 0.253 e. The van der Waals surface area contributed by atoms with Crippen LogP contribution in [0.2, 0.25) is 0 Å². The summed E-state index contributed by atoms with van der Waals surface area (Å²) in [4.78, 5) is 41.5. The quantitative estimate of drug-likeness (QED) is 0.799.